The summed E-state index contributed by atoms with van der Waals surface area (Å²) in [6.07, 6.45) is 4.42. The number of aromatic amines is 1. The Morgan fingerprint density at radius 1 is 1.39 bits per heavy atom. The SMILES string of the molecule is CC1(C)CN(C(=O)CN)C12CCN(c1ncnc3[nH]ccc13)C2. The molecule has 0 aliphatic carbocycles. The van der Waals surface area contributed by atoms with Crippen LogP contribution in [-0.4, -0.2) is 57.5 Å². The van der Waals surface area contributed by atoms with E-state index in [-0.39, 0.29) is 23.4 Å². The smallest absolute Gasteiger partial charge is 0.236 e. The number of rotatable bonds is 2. The third-order valence-corrected chi connectivity index (χ3v) is 5.69. The van der Waals surface area contributed by atoms with Crippen molar-refractivity contribution in [2.75, 3.05) is 31.1 Å². The number of aromatic nitrogens is 3. The second-order valence-corrected chi connectivity index (χ2v) is 7.21. The van der Waals surface area contributed by atoms with Crippen molar-refractivity contribution in [3.05, 3.63) is 18.6 Å². The van der Waals surface area contributed by atoms with Crippen molar-refractivity contribution in [2.24, 2.45) is 11.1 Å². The topological polar surface area (TPSA) is 91.1 Å². The number of hydrogen-bond donors (Lipinski definition) is 2. The van der Waals surface area contributed by atoms with Gasteiger partial charge in [-0.25, -0.2) is 9.97 Å². The Morgan fingerprint density at radius 3 is 2.96 bits per heavy atom. The number of H-pyrrole nitrogens is 1. The highest BCUT2D eigenvalue weighted by Crippen LogP contribution is 2.52. The van der Waals surface area contributed by atoms with Crippen LogP contribution in [0.15, 0.2) is 18.6 Å². The van der Waals surface area contributed by atoms with Crippen LogP contribution >= 0.6 is 0 Å². The van der Waals surface area contributed by atoms with Gasteiger partial charge in [-0.15, -0.1) is 0 Å². The van der Waals surface area contributed by atoms with Crippen LogP contribution in [0.3, 0.4) is 0 Å². The Kier molecular flexibility index (Phi) is 2.93. The molecule has 2 aliphatic heterocycles. The minimum atomic E-state index is -0.142. The minimum Gasteiger partial charge on any atom is -0.353 e. The molecular weight excluding hydrogens is 292 g/mol. The van der Waals surface area contributed by atoms with Gasteiger partial charge in [0.05, 0.1) is 17.5 Å². The van der Waals surface area contributed by atoms with E-state index < -0.39 is 0 Å². The monoisotopic (exact) mass is 314 g/mol. The molecule has 2 aromatic heterocycles. The number of carbonyl (C=O) groups excluding carboxylic acids is 1. The van der Waals surface area contributed by atoms with Crippen molar-refractivity contribution in [2.45, 2.75) is 25.8 Å². The fourth-order valence-electron chi connectivity index (χ4n) is 4.26. The summed E-state index contributed by atoms with van der Waals surface area (Å²) in [5, 5.41) is 1.03. The molecule has 0 saturated carbocycles. The van der Waals surface area contributed by atoms with Crippen molar-refractivity contribution >= 4 is 22.8 Å². The van der Waals surface area contributed by atoms with E-state index in [2.05, 4.69) is 33.7 Å². The molecule has 2 saturated heterocycles. The second-order valence-electron chi connectivity index (χ2n) is 7.21. The summed E-state index contributed by atoms with van der Waals surface area (Å²) in [6.45, 7) is 7.01. The number of fused-ring (bicyclic) bond motifs is 1. The summed E-state index contributed by atoms with van der Waals surface area (Å²) in [6, 6.07) is 2.00. The maximum Gasteiger partial charge on any atom is 0.236 e. The maximum absolute atomic E-state index is 12.2. The number of likely N-dealkylation sites (tertiary alicyclic amines) is 1. The van der Waals surface area contributed by atoms with E-state index in [1.165, 1.54) is 0 Å². The van der Waals surface area contributed by atoms with Gasteiger partial charge in [0.2, 0.25) is 5.91 Å². The van der Waals surface area contributed by atoms with E-state index in [4.69, 9.17) is 5.73 Å². The fraction of sp³-hybridized carbons (Fsp3) is 0.562. The molecule has 3 N–H and O–H groups in total. The van der Waals surface area contributed by atoms with Crippen LogP contribution in [0.25, 0.3) is 11.0 Å². The zero-order chi connectivity index (χ0) is 16.2. The Bertz CT molecular complexity index is 769. The van der Waals surface area contributed by atoms with Crippen molar-refractivity contribution in [1.29, 1.82) is 0 Å². The summed E-state index contributed by atoms with van der Waals surface area (Å²) >= 11 is 0. The van der Waals surface area contributed by atoms with E-state index in [1.807, 2.05) is 17.2 Å². The average Bonchev–Trinajstić information content (AvgIpc) is 3.19. The second kappa shape index (κ2) is 4.67. The molecule has 7 nitrogen and oxygen atoms in total. The lowest BCUT2D eigenvalue weighted by molar-refractivity contribution is -0.168. The molecule has 1 unspecified atom stereocenters. The van der Waals surface area contributed by atoms with Gasteiger partial charge in [-0.1, -0.05) is 13.8 Å². The third kappa shape index (κ3) is 1.83. The molecule has 7 heteroatoms. The largest absolute Gasteiger partial charge is 0.353 e. The van der Waals surface area contributed by atoms with E-state index in [0.717, 1.165) is 42.9 Å². The average molecular weight is 314 g/mol. The van der Waals surface area contributed by atoms with Crippen LogP contribution in [0.2, 0.25) is 0 Å². The van der Waals surface area contributed by atoms with Crippen LogP contribution < -0.4 is 10.6 Å². The quantitative estimate of drug-likeness (QED) is 0.853. The maximum atomic E-state index is 12.2. The Labute approximate surface area is 134 Å². The molecule has 1 atom stereocenters. The van der Waals surface area contributed by atoms with E-state index >= 15 is 0 Å². The van der Waals surface area contributed by atoms with Crippen LogP contribution in [0.1, 0.15) is 20.3 Å². The lowest BCUT2D eigenvalue weighted by Gasteiger charge is -2.62. The molecule has 0 bridgehead atoms. The predicted molar refractivity (Wildman–Crippen MR) is 88.0 cm³/mol. The van der Waals surface area contributed by atoms with Gasteiger partial charge < -0.3 is 20.5 Å². The summed E-state index contributed by atoms with van der Waals surface area (Å²) in [7, 11) is 0. The Morgan fingerprint density at radius 2 is 2.22 bits per heavy atom. The van der Waals surface area contributed by atoms with E-state index in [9.17, 15) is 4.79 Å². The number of nitrogens with zero attached hydrogens (tertiary/aromatic N) is 4. The predicted octanol–water partition coefficient (Wildman–Crippen LogP) is 0.734. The van der Waals surface area contributed by atoms with Crippen LogP contribution in [0.5, 0.6) is 0 Å². The number of anilines is 1. The Hall–Kier alpha value is -2.15. The number of hydrogen-bond acceptors (Lipinski definition) is 5. The van der Waals surface area contributed by atoms with Crippen LogP contribution in [0.4, 0.5) is 5.82 Å². The summed E-state index contributed by atoms with van der Waals surface area (Å²) in [4.78, 5) is 28.3. The molecule has 23 heavy (non-hydrogen) atoms. The fourth-order valence-corrected chi connectivity index (χ4v) is 4.26. The molecule has 0 aromatic carbocycles. The molecule has 1 spiro atoms. The lowest BCUT2D eigenvalue weighted by Crippen LogP contribution is -2.75. The first-order chi connectivity index (χ1) is 11.0. The highest BCUT2D eigenvalue weighted by Gasteiger charge is 2.63. The van der Waals surface area contributed by atoms with E-state index in [1.54, 1.807) is 6.33 Å². The van der Waals surface area contributed by atoms with Gasteiger partial charge >= 0.3 is 0 Å². The summed E-state index contributed by atoms with van der Waals surface area (Å²) < 4.78 is 0. The first-order valence-electron chi connectivity index (χ1n) is 8.02. The van der Waals surface area contributed by atoms with Crippen molar-refractivity contribution < 1.29 is 4.79 Å². The van der Waals surface area contributed by atoms with Gasteiger partial charge in [0.15, 0.2) is 0 Å². The van der Waals surface area contributed by atoms with Gasteiger partial charge in [-0.05, 0) is 12.5 Å². The normalized spacial score (nSPS) is 26.0. The summed E-state index contributed by atoms with van der Waals surface area (Å²) in [5.74, 6) is 0.983. The molecule has 4 rings (SSSR count). The number of nitrogens with two attached hydrogens (primary N) is 1. The molecule has 122 valence electrons. The van der Waals surface area contributed by atoms with Crippen molar-refractivity contribution in [3.8, 4) is 0 Å². The standard InChI is InChI=1S/C16H22N6O/c1-15(2)8-22(12(23)7-17)16(15)4-6-21(9-16)14-11-3-5-18-13(11)19-10-20-14/h3,5,10H,4,6-9,17H2,1-2H3,(H,18,19,20). The van der Waals surface area contributed by atoms with E-state index in [0.29, 0.717) is 0 Å². The first kappa shape index (κ1) is 14.4. The lowest BCUT2D eigenvalue weighted by atomic mass is 9.62. The first-order valence-corrected chi connectivity index (χ1v) is 8.02. The highest BCUT2D eigenvalue weighted by molar-refractivity contribution is 5.87. The van der Waals surface area contributed by atoms with Gasteiger partial charge in [0.1, 0.15) is 17.8 Å². The van der Waals surface area contributed by atoms with Crippen LogP contribution in [-0.2, 0) is 4.79 Å². The highest BCUT2D eigenvalue weighted by atomic mass is 16.2. The molecule has 2 fully saturated rings. The number of nitrogens with one attached hydrogen (secondary N) is 1. The third-order valence-electron chi connectivity index (χ3n) is 5.69. The number of carbonyl (C=O) groups is 1. The molecule has 4 heterocycles. The van der Waals surface area contributed by atoms with Crippen molar-refractivity contribution in [1.82, 2.24) is 19.9 Å². The molecule has 1 amide bonds. The zero-order valence-corrected chi connectivity index (χ0v) is 13.5. The molecule has 0 radical (unpaired) electrons. The van der Waals surface area contributed by atoms with Gasteiger partial charge in [-0.3, -0.25) is 4.79 Å². The molecule has 2 aliphatic rings. The molecular formula is C16H22N6O. The minimum absolute atomic E-state index is 0.0423. The van der Waals surface area contributed by atoms with Gasteiger partial charge in [-0.2, -0.15) is 0 Å². The Balaban J connectivity index is 1.68. The van der Waals surface area contributed by atoms with Crippen molar-refractivity contribution in [3.63, 3.8) is 0 Å². The summed E-state index contributed by atoms with van der Waals surface area (Å²) in [5.41, 5.74) is 6.40. The zero-order valence-electron chi connectivity index (χ0n) is 13.5. The van der Waals surface area contributed by atoms with Gasteiger partial charge in [0, 0.05) is 31.2 Å². The van der Waals surface area contributed by atoms with Crippen LogP contribution in [0, 0.1) is 5.41 Å². The molecule has 2 aromatic rings. The number of amides is 1. The van der Waals surface area contributed by atoms with Gasteiger partial charge in [0.25, 0.3) is 0 Å².